The lowest BCUT2D eigenvalue weighted by atomic mass is 9.99. The topological polar surface area (TPSA) is 24.9 Å². The molecular formula is C14H17FN2S. The first-order valence-electron chi connectivity index (χ1n) is 5.94. The number of thiazole rings is 1. The molecule has 0 aliphatic rings. The van der Waals surface area contributed by atoms with E-state index in [0.717, 1.165) is 23.2 Å². The second kappa shape index (κ2) is 5.59. The summed E-state index contributed by atoms with van der Waals surface area (Å²) in [5.41, 5.74) is 5.07. The van der Waals surface area contributed by atoms with Crippen LogP contribution in [0.2, 0.25) is 0 Å². The molecule has 1 N–H and O–H groups in total. The van der Waals surface area contributed by atoms with Crippen molar-refractivity contribution in [1.82, 2.24) is 10.3 Å². The predicted molar refractivity (Wildman–Crippen MR) is 73.5 cm³/mol. The fourth-order valence-corrected chi connectivity index (χ4v) is 2.96. The first-order valence-corrected chi connectivity index (χ1v) is 6.82. The van der Waals surface area contributed by atoms with Crippen molar-refractivity contribution in [2.45, 2.75) is 26.3 Å². The highest BCUT2D eigenvalue weighted by molar-refractivity contribution is 7.09. The zero-order valence-corrected chi connectivity index (χ0v) is 11.6. The molecule has 2 aromatic rings. The highest BCUT2D eigenvalue weighted by atomic mass is 32.1. The van der Waals surface area contributed by atoms with Crippen LogP contribution in [0, 0.1) is 19.7 Å². The van der Waals surface area contributed by atoms with E-state index < -0.39 is 0 Å². The maximum Gasteiger partial charge on any atom is 0.123 e. The van der Waals surface area contributed by atoms with Crippen molar-refractivity contribution in [3.05, 3.63) is 51.2 Å². The van der Waals surface area contributed by atoms with Crippen molar-refractivity contribution in [2.24, 2.45) is 0 Å². The van der Waals surface area contributed by atoms with E-state index in [4.69, 9.17) is 0 Å². The summed E-state index contributed by atoms with van der Waals surface area (Å²) in [4.78, 5) is 5.49. The summed E-state index contributed by atoms with van der Waals surface area (Å²) in [5, 5.41) is 3.29. The Balaban J connectivity index is 2.26. The first-order chi connectivity index (χ1) is 8.61. The van der Waals surface area contributed by atoms with Gasteiger partial charge in [0, 0.05) is 10.9 Å². The molecule has 0 saturated heterocycles. The van der Waals surface area contributed by atoms with Crippen LogP contribution in [0.3, 0.4) is 0 Å². The Morgan fingerprint density at radius 1 is 1.39 bits per heavy atom. The Hall–Kier alpha value is -1.26. The van der Waals surface area contributed by atoms with E-state index in [-0.39, 0.29) is 11.9 Å². The minimum atomic E-state index is -0.175. The predicted octanol–water partition coefficient (Wildman–Crippen LogP) is 3.40. The van der Waals surface area contributed by atoms with Gasteiger partial charge in [0.15, 0.2) is 0 Å². The standard InChI is InChI=1S/C14H17FN2S/c1-9-4-5-12(15)6-11(9)7-13(16-3)14-10(2)17-8-18-14/h4-6,8,13,16H,7H2,1-3H3. The van der Waals surface area contributed by atoms with Crippen LogP contribution in [0.1, 0.15) is 27.7 Å². The Morgan fingerprint density at radius 3 is 2.78 bits per heavy atom. The molecule has 1 aromatic carbocycles. The zero-order valence-electron chi connectivity index (χ0n) is 10.8. The van der Waals surface area contributed by atoms with Gasteiger partial charge in [-0.3, -0.25) is 0 Å². The van der Waals surface area contributed by atoms with E-state index in [1.807, 2.05) is 32.5 Å². The molecule has 0 spiro atoms. The van der Waals surface area contributed by atoms with Gasteiger partial charge in [-0.1, -0.05) is 6.07 Å². The highest BCUT2D eigenvalue weighted by Gasteiger charge is 2.16. The van der Waals surface area contributed by atoms with Gasteiger partial charge >= 0.3 is 0 Å². The van der Waals surface area contributed by atoms with Crippen LogP contribution in [-0.2, 0) is 6.42 Å². The van der Waals surface area contributed by atoms with Crippen molar-refractivity contribution >= 4 is 11.3 Å². The molecule has 0 radical (unpaired) electrons. The molecule has 4 heteroatoms. The number of rotatable bonds is 4. The van der Waals surface area contributed by atoms with E-state index in [9.17, 15) is 4.39 Å². The third kappa shape index (κ3) is 2.76. The van der Waals surface area contributed by atoms with Crippen molar-refractivity contribution in [3.8, 4) is 0 Å². The molecule has 96 valence electrons. The molecule has 1 atom stereocenters. The number of halogens is 1. The molecule has 0 fully saturated rings. The summed E-state index contributed by atoms with van der Waals surface area (Å²) in [6, 6.07) is 5.15. The molecule has 1 aromatic heterocycles. The van der Waals surface area contributed by atoms with Crippen LogP contribution < -0.4 is 5.32 Å². The quantitative estimate of drug-likeness (QED) is 0.915. The molecule has 2 nitrogen and oxygen atoms in total. The molecule has 0 bridgehead atoms. The van der Waals surface area contributed by atoms with Gasteiger partial charge < -0.3 is 5.32 Å². The van der Waals surface area contributed by atoms with Crippen molar-refractivity contribution in [1.29, 1.82) is 0 Å². The van der Waals surface area contributed by atoms with Gasteiger partial charge in [0.25, 0.3) is 0 Å². The van der Waals surface area contributed by atoms with E-state index in [2.05, 4.69) is 10.3 Å². The largest absolute Gasteiger partial charge is 0.312 e. The average molecular weight is 264 g/mol. The first kappa shape index (κ1) is 13.2. The molecule has 0 aliphatic heterocycles. The maximum atomic E-state index is 13.3. The second-order valence-corrected chi connectivity index (χ2v) is 5.30. The Morgan fingerprint density at radius 2 is 2.17 bits per heavy atom. The van der Waals surface area contributed by atoms with Gasteiger partial charge in [-0.2, -0.15) is 0 Å². The number of benzene rings is 1. The maximum absolute atomic E-state index is 13.3. The Kier molecular flexibility index (Phi) is 4.09. The van der Waals surface area contributed by atoms with Gasteiger partial charge in [-0.15, -0.1) is 11.3 Å². The minimum absolute atomic E-state index is 0.175. The lowest BCUT2D eigenvalue weighted by Gasteiger charge is -2.16. The normalized spacial score (nSPS) is 12.7. The lowest BCUT2D eigenvalue weighted by Crippen LogP contribution is -2.19. The fourth-order valence-electron chi connectivity index (χ4n) is 2.05. The highest BCUT2D eigenvalue weighted by Crippen LogP contribution is 2.26. The van der Waals surface area contributed by atoms with Crippen LogP contribution in [0.25, 0.3) is 0 Å². The third-order valence-corrected chi connectivity index (χ3v) is 4.23. The molecule has 2 rings (SSSR count). The molecule has 0 amide bonds. The van der Waals surface area contributed by atoms with Gasteiger partial charge in [-0.05, 0) is 50.6 Å². The van der Waals surface area contributed by atoms with Crippen LogP contribution in [0.5, 0.6) is 0 Å². The summed E-state index contributed by atoms with van der Waals surface area (Å²) in [6.45, 7) is 4.02. The van der Waals surface area contributed by atoms with Gasteiger partial charge in [0.2, 0.25) is 0 Å². The number of aryl methyl sites for hydroxylation is 2. The molecule has 1 heterocycles. The summed E-state index contributed by atoms with van der Waals surface area (Å²) >= 11 is 1.64. The summed E-state index contributed by atoms with van der Waals surface area (Å²) < 4.78 is 13.3. The molecular weight excluding hydrogens is 247 g/mol. The fraction of sp³-hybridized carbons (Fsp3) is 0.357. The number of hydrogen-bond donors (Lipinski definition) is 1. The van der Waals surface area contributed by atoms with Crippen LogP contribution >= 0.6 is 11.3 Å². The molecule has 18 heavy (non-hydrogen) atoms. The third-order valence-electron chi connectivity index (χ3n) is 3.18. The van der Waals surface area contributed by atoms with Gasteiger partial charge in [0.1, 0.15) is 5.82 Å². The van der Waals surface area contributed by atoms with Gasteiger partial charge in [-0.25, -0.2) is 9.37 Å². The van der Waals surface area contributed by atoms with Gasteiger partial charge in [0.05, 0.1) is 11.2 Å². The second-order valence-electron chi connectivity index (χ2n) is 4.42. The van der Waals surface area contributed by atoms with E-state index in [1.165, 1.54) is 10.9 Å². The van der Waals surface area contributed by atoms with E-state index in [0.29, 0.717) is 0 Å². The van der Waals surface area contributed by atoms with Crippen molar-refractivity contribution in [2.75, 3.05) is 7.05 Å². The van der Waals surface area contributed by atoms with Crippen molar-refractivity contribution < 1.29 is 4.39 Å². The van der Waals surface area contributed by atoms with Crippen LogP contribution in [0.4, 0.5) is 4.39 Å². The molecule has 0 aliphatic carbocycles. The number of hydrogen-bond acceptors (Lipinski definition) is 3. The van der Waals surface area contributed by atoms with Crippen LogP contribution in [0.15, 0.2) is 23.7 Å². The minimum Gasteiger partial charge on any atom is -0.312 e. The number of likely N-dealkylation sites (N-methyl/N-ethyl adjacent to an activating group) is 1. The summed E-state index contributed by atoms with van der Waals surface area (Å²) in [7, 11) is 1.93. The van der Waals surface area contributed by atoms with E-state index >= 15 is 0 Å². The zero-order chi connectivity index (χ0) is 13.1. The monoisotopic (exact) mass is 264 g/mol. The number of nitrogens with zero attached hydrogens (tertiary/aromatic N) is 1. The number of aromatic nitrogens is 1. The van der Waals surface area contributed by atoms with E-state index in [1.54, 1.807) is 17.4 Å². The Bertz CT molecular complexity index is 536. The average Bonchev–Trinajstić information content (AvgIpc) is 2.77. The summed E-state index contributed by atoms with van der Waals surface area (Å²) in [5.74, 6) is -0.175. The summed E-state index contributed by atoms with van der Waals surface area (Å²) in [6.07, 6.45) is 0.781. The number of nitrogens with one attached hydrogen (secondary N) is 1. The lowest BCUT2D eigenvalue weighted by molar-refractivity contribution is 0.587. The van der Waals surface area contributed by atoms with Crippen LogP contribution in [-0.4, -0.2) is 12.0 Å². The molecule has 0 saturated carbocycles. The molecule has 1 unspecified atom stereocenters. The Labute approximate surface area is 111 Å². The van der Waals surface area contributed by atoms with Crippen molar-refractivity contribution in [3.63, 3.8) is 0 Å². The smallest absolute Gasteiger partial charge is 0.123 e. The SMILES string of the molecule is CNC(Cc1cc(F)ccc1C)c1scnc1C.